The number of nitrogens with two attached hydrogens (primary N) is 1. The van der Waals surface area contributed by atoms with Crippen LogP contribution in [0.3, 0.4) is 0 Å². The summed E-state index contributed by atoms with van der Waals surface area (Å²) < 4.78 is 28.2. The Morgan fingerprint density at radius 3 is 2.75 bits per heavy atom. The molecule has 1 aliphatic rings. The van der Waals surface area contributed by atoms with Crippen LogP contribution in [-0.2, 0) is 10.2 Å². The van der Waals surface area contributed by atoms with Crippen molar-refractivity contribution in [3.8, 4) is 0 Å². The molecule has 1 fully saturated rings. The van der Waals surface area contributed by atoms with E-state index in [4.69, 9.17) is 11.1 Å². The van der Waals surface area contributed by atoms with Crippen molar-refractivity contribution in [3.05, 3.63) is 0 Å². The van der Waals surface area contributed by atoms with Crippen LogP contribution in [0, 0.1) is 11.3 Å². The fraction of sp³-hybridized carbons (Fsp3) is 0.889. The molecule has 0 saturated heterocycles. The second kappa shape index (κ2) is 5.60. The van der Waals surface area contributed by atoms with E-state index < -0.39 is 10.2 Å². The van der Waals surface area contributed by atoms with Crippen molar-refractivity contribution in [2.24, 2.45) is 11.7 Å². The van der Waals surface area contributed by atoms with Gasteiger partial charge in [-0.1, -0.05) is 13.3 Å². The Kier molecular flexibility index (Phi) is 4.69. The van der Waals surface area contributed by atoms with E-state index in [1.54, 1.807) is 0 Å². The molecule has 16 heavy (non-hydrogen) atoms. The minimum Gasteiger partial charge on any atom is -0.387 e. The maximum atomic E-state index is 11.6. The Balaban J connectivity index is 2.56. The predicted octanol–water partition coefficient (Wildman–Crippen LogP) is -0.0749. The van der Waals surface area contributed by atoms with E-state index in [-0.39, 0.29) is 17.8 Å². The van der Waals surface area contributed by atoms with E-state index in [1.165, 1.54) is 0 Å². The minimum atomic E-state index is -3.45. The van der Waals surface area contributed by atoms with Gasteiger partial charge < -0.3 is 5.73 Å². The van der Waals surface area contributed by atoms with Crippen LogP contribution < -0.4 is 15.2 Å². The van der Waals surface area contributed by atoms with Gasteiger partial charge >= 0.3 is 0 Å². The van der Waals surface area contributed by atoms with E-state index in [9.17, 15) is 8.42 Å². The van der Waals surface area contributed by atoms with Crippen LogP contribution in [0.25, 0.3) is 0 Å². The molecular formula is C9H20N4O2S. The maximum Gasteiger partial charge on any atom is 0.277 e. The van der Waals surface area contributed by atoms with Crippen molar-refractivity contribution in [2.75, 3.05) is 6.54 Å². The predicted molar refractivity (Wildman–Crippen MR) is 63.4 cm³/mol. The molecule has 0 aromatic rings. The van der Waals surface area contributed by atoms with Gasteiger partial charge in [0.15, 0.2) is 0 Å². The number of hydrogen-bond acceptors (Lipinski definition) is 3. The van der Waals surface area contributed by atoms with Crippen molar-refractivity contribution in [1.29, 1.82) is 5.41 Å². The fourth-order valence-electron chi connectivity index (χ4n) is 1.95. The number of amidine groups is 1. The van der Waals surface area contributed by atoms with Gasteiger partial charge in [-0.2, -0.15) is 13.1 Å². The molecule has 94 valence electrons. The Morgan fingerprint density at radius 2 is 2.19 bits per heavy atom. The third kappa shape index (κ3) is 3.73. The molecule has 1 aliphatic carbocycles. The van der Waals surface area contributed by atoms with Crippen molar-refractivity contribution in [1.82, 2.24) is 9.44 Å². The zero-order valence-electron chi connectivity index (χ0n) is 9.49. The molecule has 6 nitrogen and oxygen atoms in total. The Morgan fingerprint density at radius 1 is 1.50 bits per heavy atom. The van der Waals surface area contributed by atoms with Crippen molar-refractivity contribution in [2.45, 2.75) is 38.6 Å². The van der Waals surface area contributed by atoms with Crippen LogP contribution in [0.1, 0.15) is 32.6 Å². The molecule has 0 amide bonds. The van der Waals surface area contributed by atoms with Gasteiger partial charge in [0.2, 0.25) is 0 Å². The lowest BCUT2D eigenvalue weighted by atomic mass is 10.0. The highest BCUT2D eigenvalue weighted by Crippen LogP contribution is 2.25. The standard InChI is InChI=1S/C9H20N4O2S/c1-2-6-12-16(14,15)13-8-5-3-4-7(8)9(10)11/h7-8,12-13H,2-6H2,1H3,(H3,10,11). The quantitative estimate of drug-likeness (QED) is 0.390. The molecule has 0 aromatic heterocycles. The van der Waals surface area contributed by atoms with Gasteiger partial charge in [-0.3, -0.25) is 5.41 Å². The first-order chi connectivity index (χ1) is 7.46. The summed E-state index contributed by atoms with van der Waals surface area (Å²) in [4.78, 5) is 0. The van der Waals surface area contributed by atoms with Crippen molar-refractivity contribution in [3.63, 3.8) is 0 Å². The van der Waals surface area contributed by atoms with Crippen molar-refractivity contribution < 1.29 is 8.42 Å². The summed E-state index contributed by atoms with van der Waals surface area (Å²) in [5, 5.41) is 7.39. The topological polar surface area (TPSA) is 108 Å². The van der Waals surface area contributed by atoms with Gasteiger partial charge in [-0.25, -0.2) is 4.72 Å². The zero-order valence-corrected chi connectivity index (χ0v) is 10.3. The minimum absolute atomic E-state index is 0.0701. The second-order valence-corrected chi connectivity index (χ2v) is 5.65. The van der Waals surface area contributed by atoms with E-state index in [1.807, 2.05) is 6.92 Å². The Hall–Kier alpha value is -0.660. The number of hydrogen-bond donors (Lipinski definition) is 4. The van der Waals surface area contributed by atoms with Crippen LogP contribution in [0.2, 0.25) is 0 Å². The first kappa shape index (κ1) is 13.4. The first-order valence-electron chi connectivity index (χ1n) is 5.57. The molecule has 0 spiro atoms. The van der Waals surface area contributed by atoms with Crippen LogP contribution in [-0.4, -0.2) is 26.8 Å². The average molecular weight is 248 g/mol. The first-order valence-corrected chi connectivity index (χ1v) is 7.05. The number of nitrogens with one attached hydrogen (secondary N) is 3. The summed E-state index contributed by atoms with van der Waals surface area (Å²) in [6, 6.07) is -0.230. The molecule has 1 saturated carbocycles. The summed E-state index contributed by atoms with van der Waals surface area (Å²) in [5.41, 5.74) is 5.44. The SMILES string of the molecule is CCCNS(=O)(=O)NC1CCCC1C(=N)N. The molecule has 7 heteroatoms. The molecule has 0 bridgehead atoms. The van der Waals surface area contributed by atoms with Gasteiger partial charge in [0, 0.05) is 18.5 Å². The number of rotatable bonds is 6. The fourth-order valence-corrected chi connectivity index (χ4v) is 3.19. The average Bonchev–Trinajstić information content (AvgIpc) is 2.62. The molecule has 2 unspecified atom stereocenters. The smallest absolute Gasteiger partial charge is 0.277 e. The summed E-state index contributed by atoms with van der Waals surface area (Å²) in [7, 11) is -3.45. The molecule has 0 aliphatic heterocycles. The van der Waals surface area contributed by atoms with Gasteiger partial charge in [0.05, 0.1) is 5.84 Å². The largest absolute Gasteiger partial charge is 0.387 e. The van der Waals surface area contributed by atoms with E-state index >= 15 is 0 Å². The summed E-state index contributed by atoms with van der Waals surface area (Å²) >= 11 is 0. The third-order valence-electron chi connectivity index (χ3n) is 2.76. The van der Waals surface area contributed by atoms with Crippen LogP contribution >= 0.6 is 0 Å². The summed E-state index contributed by atoms with van der Waals surface area (Å²) in [6.07, 6.45) is 3.19. The molecule has 5 N–H and O–H groups in total. The lowest BCUT2D eigenvalue weighted by Crippen LogP contribution is -2.46. The van der Waals surface area contributed by atoms with Crippen LogP contribution in [0.15, 0.2) is 0 Å². The highest BCUT2D eigenvalue weighted by molar-refractivity contribution is 7.87. The van der Waals surface area contributed by atoms with Gasteiger partial charge in [0.25, 0.3) is 10.2 Å². The molecular weight excluding hydrogens is 228 g/mol. The van der Waals surface area contributed by atoms with Crippen molar-refractivity contribution >= 4 is 16.0 Å². The van der Waals surface area contributed by atoms with Gasteiger partial charge in [-0.05, 0) is 19.3 Å². The summed E-state index contributed by atoms with van der Waals surface area (Å²) in [6.45, 7) is 2.32. The van der Waals surface area contributed by atoms with E-state index in [0.717, 1.165) is 25.7 Å². The lowest BCUT2D eigenvalue weighted by molar-refractivity contribution is 0.512. The highest BCUT2D eigenvalue weighted by Gasteiger charge is 2.32. The van der Waals surface area contributed by atoms with Gasteiger partial charge in [-0.15, -0.1) is 0 Å². The normalized spacial score (nSPS) is 25.8. The maximum absolute atomic E-state index is 11.6. The highest BCUT2D eigenvalue weighted by atomic mass is 32.2. The molecule has 0 radical (unpaired) electrons. The van der Waals surface area contributed by atoms with Gasteiger partial charge in [0.1, 0.15) is 0 Å². The molecule has 1 rings (SSSR count). The second-order valence-electron chi connectivity index (χ2n) is 4.11. The van der Waals surface area contributed by atoms with Crippen LogP contribution in [0.4, 0.5) is 0 Å². The van der Waals surface area contributed by atoms with E-state index in [0.29, 0.717) is 6.54 Å². The molecule has 0 heterocycles. The Bertz CT molecular complexity index is 341. The monoisotopic (exact) mass is 248 g/mol. The van der Waals surface area contributed by atoms with E-state index in [2.05, 4.69) is 9.44 Å². The molecule has 2 atom stereocenters. The summed E-state index contributed by atoms with van der Waals surface area (Å²) in [5.74, 6) is -0.0844. The zero-order chi connectivity index (χ0) is 12.2. The molecule has 0 aromatic carbocycles. The van der Waals surface area contributed by atoms with Crippen LogP contribution in [0.5, 0.6) is 0 Å². The lowest BCUT2D eigenvalue weighted by Gasteiger charge is -2.19. The Labute approximate surface area is 96.7 Å². The third-order valence-corrected chi connectivity index (χ3v) is 3.96.